The number of nitrogens with two attached hydrogens (primary N) is 1. The summed E-state index contributed by atoms with van der Waals surface area (Å²) < 4.78 is 1.93. The SMILES string of the molecule is Cc1cn2ccc(C(N)CO)cc2n1. The molecule has 0 aromatic carbocycles. The van der Waals surface area contributed by atoms with Crippen molar-refractivity contribution in [1.29, 1.82) is 0 Å². The fourth-order valence-electron chi connectivity index (χ4n) is 1.46. The van der Waals surface area contributed by atoms with Crippen LogP contribution in [0.25, 0.3) is 5.65 Å². The van der Waals surface area contributed by atoms with E-state index in [0.717, 1.165) is 16.9 Å². The third kappa shape index (κ3) is 1.49. The second-order valence-corrected chi connectivity index (χ2v) is 3.40. The van der Waals surface area contributed by atoms with Crippen LogP contribution in [-0.2, 0) is 0 Å². The van der Waals surface area contributed by atoms with Crippen LogP contribution in [0.15, 0.2) is 24.5 Å². The Balaban J connectivity index is 2.50. The first-order valence-electron chi connectivity index (χ1n) is 4.52. The summed E-state index contributed by atoms with van der Waals surface area (Å²) in [4.78, 5) is 4.32. The van der Waals surface area contributed by atoms with Crippen LogP contribution >= 0.6 is 0 Å². The lowest BCUT2D eigenvalue weighted by Crippen LogP contribution is -2.14. The summed E-state index contributed by atoms with van der Waals surface area (Å²) in [6.07, 6.45) is 3.85. The van der Waals surface area contributed by atoms with Crippen LogP contribution in [0.5, 0.6) is 0 Å². The number of rotatable bonds is 2. The number of aliphatic hydroxyl groups is 1. The summed E-state index contributed by atoms with van der Waals surface area (Å²) in [7, 11) is 0. The average molecular weight is 191 g/mol. The minimum Gasteiger partial charge on any atom is -0.394 e. The van der Waals surface area contributed by atoms with Gasteiger partial charge in [0.15, 0.2) is 0 Å². The molecule has 0 radical (unpaired) electrons. The van der Waals surface area contributed by atoms with Gasteiger partial charge in [-0.25, -0.2) is 4.98 Å². The molecule has 2 aromatic rings. The Kier molecular flexibility index (Phi) is 2.23. The van der Waals surface area contributed by atoms with Gasteiger partial charge < -0.3 is 15.2 Å². The van der Waals surface area contributed by atoms with E-state index in [0.29, 0.717) is 0 Å². The summed E-state index contributed by atoms with van der Waals surface area (Å²) in [5.41, 5.74) is 8.45. The zero-order valence-electron chi connectivity index (χ0n) is 8.01. The molecule has 2 heterocycles. The van der Waals surface area contributed by atoms with Crippen molar-refractivity contribution in [3.63, 3.8) is 0 Å². The lowest BCUT2D eigenvalue weighted by molar-refractivity contribution is 0.268. The highest BCUT2D eigenvalue weighted by molar-refractivity contribution is 5.43. The predicted molar refractivity (Wildman–Crippen MR) is 53.9 cm³/mol. The van der Waals surface area contributed by atoms with Gasteiger partial charge in [0.25, 0.3) is 0 Å². The molecular weight excluding hydrogens is 178 g/mol. The van der Waals surface area contributed by atoms with Crippen LogP contribution in [0.3, 0.4) is 0 Å². The zero-order valence-corrected chi connectivity index (χ0v) is 8.01. The van der Waals surface area contributed by atoms with E-state index in [-0.39, 0.29) is 12.6 Å². The van der Waals surface area contributed by atoms with E-state index >= 15 is 0 Å². The Morgan fingerprint density at radius 3 is 3.14 bits per heavy atom. The van der Waals surface area contributed by atoms with Crippen LogP contribution < -0.4 is 5.73 Å². The average Bonchev–Trinajstić information content (AvgIpc) is 2.55. The quantitative estimate of drug-likeness (QED) is 0.732. The van der Waals surface area contributed by atoms with Crippen LogP contribution in [0, 0.1) is 6.92 Å². The Hall–Kier alpha value is -1.39. The van der Waals surface area contributed by atoms with E-state index in [4.69, 9.17) is 10.8 Å². The van der Waals surface area contributed by atoms with E-state index < -0.39 is 0 Å². The Bertz CT molecular complexity index is 450. The summed E-state index contributed by atoms with van der Waals surface area (Å²) in [5.74, 6) is 0. The maximum Gasteiger partial charge on any atom is 0.137 e. The number of aryl methyl sites for hydroxylation is 1. The van der Waals surface area contributed by atoms with E-state index in [9.17, 15) is 0 Å². The molecule has 1 unspecified atom stereocenters. The molecule has 0 saturated carbocycles. The molecule has 0 aliphatic rings. The lowest BCUT2D eigenvalue weighted by atomic mass is 10.1. The predicted octanol–water partition coefficient (Wildman–Crippen LogP) is 0.635. The van der Waals surface area contributed by atoms with Crippen molar-refractivity contribution in [3.05, 3.63) is 35.8 Å². The van der Waals surface area contributed by atoms with Crippen molar-refractivity contribution in [2.24, 2.45) is 5.73 Å². The second-order valence-electron chi connectivity index (χ2n) is 3.40. The van der Waals surface area contributed by atoms with Crippen LogP contribution in [0.4, 0.5) is 0 Å². The molecule has 0 aliphatic carbocycles. The molecular formula is C10H13N3O. The van der Waals surface area contributed by atoms with Gasteiger partial charge in [-0.2, -0.15) is 0 Å². The van der Waals surface area contributed by atoms with Crippen LogP contribution in [0.1, 0.15) is 17.3 Å². The first kappa shape index (κ1) is 9.18. The summed E-state index contributed by atoms with van der Waals surface area (Å²) >= 11 is 0. The normalized spacial score (nSPS) is 13.4. The maximum atomic E-state index is 8.91. The third-order valence-electron chi connectivity index (χ3n) is 2.23. The van der Waals surface area contributed by atoms with Gasteiger partial charge in [0.2, 0.25) is 0 Å². The highest BCUT2D eigenvalue weighted by Gasteiger charge is 2.05. The molecule has 2 rings (SSSR count). The number of imidazole rings is 1. The van der Waals surface area contributed by atoms with Crippen LogP contribution in [-0.4, -0.2) is 21.1 Å². The van der Waals surface area contributed by atoms with Crippen molar-refractivity contribution < 1.29 is 5.11 Å². The molecule has 0 spiro atoms. The number of hydrogen-bond acceptors (Lipinski definition) is 3. The Labute approximate surface area is 82.0 Å². The first-order chi connectivity index (χ1) is 6.70. The van der Waals surface area contributed by atoms with Gasteiger partial charge in [0.05, 0.1) is 18.3 Å². The smallest absolute Gasteiger partial charge is 0.137 e. The number of aromatic nitrogens is 2. The summed E-state index contributed by atoms with van der Waals surface area (Å²) in [5, 5.41) is 8.91. The van der Waals surface area contributed by atoms with Crippen molar-refractivity contribution in [2.45, 2.75) is 13.0 Å². The van der Waals surface area contributed by atoms with Gasteiger partial charge in [-0.1, -0.05) is 0 Å². The first-order valence-corrected chi connectivity index (χ1v) is 4.52. The summed E-state index contributed by atoms with van der Waals surface area (Å²) in [6.45, 7) is 1.90. The van der Waals surface area contributed by atoms with Gasteiger partial charge in [-0.15, -0.1) is 0 Å². The maximum absolute atomic E-state index is 8.91. The minimum absolute atomic E-state index is 0.0458. The van der Waals surface area contributed by atoms with Gasteiger partial charge in [-0.05, 0) is 24.6 Å². The van der Waals surface area contributed by atoms with E-state index in [1.54, 1.807) is 0 Å². The van der Waals surface area contributed by atoms with Gasteiger partial charge in [-0.3, -0.25) is 0 Å². The standard InChI is InChI=1S/C10H13N3O/c1-7-5-13-3-2-8(9(11)6-14)4-10(13)12-7/h2-5,9,14H,6,11H2,1H3. The topological polar surface area (TPSA) is 63.5 Å². The Morgan fingerprint density at radius 2 is 2.43 bits per heavy atom. The van der Waals surface area contributed by atoms with Crippen molar-refractivity contribution in [2.75, 3.05) is 6.61 Å². The van der Waals surface area contributed by atoms with E-state index in [1.165, 1.54) is 0 Å². The van der Waals surface area contributed by atoms with E-state index in [2.05, 4.69) is 4.98 Å². The number of hydrogen-bond donors (Lipinski definition) is 2. The molecule has 0 bridgehead atoms. The molecule has 0 aliphatic heterocycles. The second kappa shape index (κ2) is 3.40. The fraction of sp³-hybridized carbons (Fsp3) is 0.300. The summed E-state index contributed by atoms with van der Waals surface area (Å²) in [6, 6.07) is 3.47. The minimum atomic E-state index is -0.322. The highest BCUT2D eigenvalue weighted by atomic mass is 16.3. The van der Waals surface area contributed by atoms with Crippen LogP contribution in [0.2, 0.25) is 0 Å². The van der Waals surface area contributed by atoms with E-state index in [1.807, 2.05) is 35.9 Å². The molecule has 3 N–H and O–H groups in total. The highest BCUT2D eigenvalue weighted by Crippen LogP contribution is 2.12. The molecule has 4 nitrogen and oxygen atoms in total. The number of aliphatic hydroxyl groups excluding tert-OH is 1. The van der Waals surface area contributed by atoms with Gasteiger partial charge >= 0.3 is 0 Å². The monoisotopic (exact) mass is 191 g/mol. The Morgan fingerprint density at radius 1 is 1.64 bits per heavy atom. The molecule has 2 aromatic heterocycles. The lowest BCUT2D eigenvalue weighted by Gasteiger charge is -2.07. The molecule has 0 amide bonds. The number of fused-ring (bicyclic) bond motifs is 1. The molecule has 0 fully saturated rings. The third-order valence-corrected chi connectivity index (χ3v) is 2.23. The van der Waals surface area contributed by atoms with Gasteiger partial charge in [0, 0.05) is 12.4 Å². The number of nitrogens with zero attached hydrogens (tertiary/aromatic N) is 2. The van der Waals surface area contributed by atoms with Crippen molar-refractivity contribution in [3.8, 4) is 0 Å². The molecule has 4 heteroatoms. The zero-order chi connectivity index (χ0) is 10.1. The number of pyridine rings is 1. The molecule has 0 saturated heterocycles. The van der Waals surface area contributed by atoms with Crippen molar-refractivity contribution in [1.82, 2.24) is 9.38 Å². The fourth-order valence-corrected chi connectivity index (χ4v) is 1.46. The molecule has 1 atom stereocenters. The molecule has 14 heavy (non-hydrogen) atoms. The van der Waals surface area contributed by atoms with Crippen molar-refractivity contribution >= 4 is 5.65 Å². The van der Waals surface area contributed by atoms with Gasteiger partial charge in [0.1, 0.15) is 5.65 Å². The molecule has 74 valence electrons. The largest absolute Gasteiger partial charge is 0.394 e.